The number of fused-ring (bicyclic) bond motifs is 1. The maximum absolute atomic E-state index is 12.4. The monoisotopic (exact) mass is 318 g/mol. The lowest BCUT2D eigenvalue weighted by molar-refractivity contribution is 0.587. The summed E-state index contributed by atoms with van der Waals surface area (Å²) in [5.41, 5.74) is 8.69. The van der Waals surface area contributed by atoms with E-state index < -0.39 is 0 Å². The number of hydrogen-bond acceptors (Lipinski definition) is 3. The third-order valence-corrected chi connectivity index (χ3v) is 3.48. The number of hydrogen-bond donors (Lipinski definition) is 1. The summed E-state index contributed by atoms with van der Waals surface area (Å²) in [7, 11) is 0. The van der Waals surface area contributed by atoms with Gasteiger partial charge in [0.2, 0.25) is 0 Å². The first kappa shape index (κ1) is 12.0. The first-order chi connectivity index (χ1) is 9.06. The van der Waals surface area contributed by atoms with Crippen LogP contribution in [0.25, 0.3) is 16.7 Å². The van der Waals surface area contributed by atoms with Crippen LogP contribution in [0.5, 0.6) is 0 Å². The van der Waals surface area contributed by atoms with E-state index in [0.29, 0.717) is 21.3 Å². The van der Waals surface area contributed by atoms with E-state index in [1.807, 2.05) is 19.1 Å². The molecule has 0 spiro atoms. The van der Waals surface area contributed by atoms with Gasteiger partial charge >= 0.3 is 0 Å². The molecule has 4 nitrogen and oxygen atoms in total. The van der Waals surface area contributed by atoms with Crippen LogP contribution in [0.3, 0.4) is 0 Å². The molecule has 0 saturated heterocycles. The highest BCUT2D eigenvalue weighted by atomic mass is 79.9. The van der Waals surface area contributed by atoms with E-state index in [9.17, 15) is 4.79 Å². The van der Waals surface area contributed by atoms with Gasteiger partial charge in [-0.1, -0.05) is 0 Å². The largest absolute Gasteiger partial charge is 0.449 e. The first-order valence-electron chi connectivity index (χ1n) is 5.73. The smallest absolute Gasteiger partial charge is 0.266 e. The first-order valence-corrected chi connectivity index (χ1v) is 6.53. The van der Waals surface area contributed by atoms with Crippen LogP contribution >= 0.6 is 15.9 Å². The summed E-state index contributed by atoms with van der Waals surface area (Å²) in [6, 6.07) is 8.96. The van der Waals surface area contributed by atoms with Crippen LogP contribution in [0, 0.1) is 6.92 Å². The summed E-state index contributed by atoms with van der Waals surface area (Å²) < 4.78 is 7.49. The SMILES string of the molecule is Cc1cc(-n2ccc3oc(Br)cc3c2=O)ccc1N. The molecule has 5 heteroatoms. The number of nitrogens with zero attached hydrogens (tertiary/aromatic N) is 1. The average molecular weight is 319 g/mol. The molecule has 0 aliphatic heterocycles. The fourth-order valence-corrected chi connectivity index (χ4v) is 2.42. The molecular formula is C14H11BrN2O2. The van der Waals surface area contributed by atoms with E-state index in [1.54, 1.807) is 29.0 Å². The Morgan fingerprint density at radius 3 is 2.79 bits per heavy atom. The summed E-state index contributed by atoms with van der Waals surface area (Å²) in [5, 5.41) is 0.545. The van der Waals surface area contributed by atoms with E-state index in [-0.39, 0.29) is 5.56 Å². The standard InChI is InChI=1S/C14H11BrN2O2/c1-8-6-9(2-3-11(8)16)17-5-4-12-10(14(17)18)7-13(15)19-12/h2-7H,16H2,1H3. The number of halogens is 1. The molecule has 19 heavy (non-hydrogen) atoms. The van der Waals surface area contributed by atoms with Crippen LogP contribution in [0.2, 0.25) is 0 Å². The Bertz CT molecular complexity index is 833. The van der Waals surface area contributed by atoms with Crippen LogP contribution in [-0.4, -0.2) is 4.57 Å². The predicted octanol–water partition coefficient (Wildman–Crippen LogP) is 3.24. The molecule has 0 fully saturated rings. The van der Waals surface area contributed by atoms with Gasteiger partial charge in [0, 0.05) is 23.6 Å². The van der Waals surface area contributed by atoms with E-state index >= 15 is 0 Å². The molecule has 96 valence electrons. The lowest BCUT2D eigenvalue weighted by Crippen LogP contribution is -2.17. The number of anilines is 1. The molecule has 0 amide bonds. The number of benzene rings is 1. The van der Waals surface area contributed by atoms with Gasteiger partial charge in [0.05, 0.1) is 5.39 Å². The molecule has 0 atom stereocenters. The van der Waals surface area contributed by atoms with Gasteiger partial charge in [-0.05, 0) is 52.7 Å². The number of nitrogens with two attached hydrogens (primary N) is 1. The summed E-state index contributed by atoms with van der Waals surface area (Å²) in [6.45, 7) is 1.91. The normalized spacial score (nSPS) is 11.1. The van der Waals surface area contributed by atoms with Crippen molar-refractivity contribution in [3.05, 3.63) is 57.1 Å². The molecular weight excluding hydrogens is 308 g/mol. The van der Waals surface area contributed by atoms with Crippen molar-refractivity contribution < 1.29 is 4.42 Å². The minimum atomic E-state index is -0.115. The van der Waals surface area contributed by atoms with E-state index in [2.05, 4.69) is 15.9 Å². The molecule has 0 aliphatic rings. The Kier molecular flexibility index (Phi) is 2.71. The van der Waals surface area contributed by atoms with Crippen LogP contribution in [0.1, 0.15) is 5.56 Å². The van der Waals surface area contributed by atoms with Crippen LogP contribution in [0.15, 0.2) is 50.4 Å². The molecule has 1 aromatic carbocycles. The van der Waals surface area contributed by atoms with Crippen molar-refractivity contribution in [1.82, 2.24) is 4.57 Å². The van der Waals surface area contributed by atoms with Gasteiger partial charge in [0.25, 0.3) is 5.56 Å². The Morgan fingerprint density at radius 2 is 2.05 bits per heavy atom. The zero-order chi connectivity index (χ0) is 13.6. The summed E-state index contributed by atoms with van der Waals surface area (Å²) in [4.78, 5) is 12.4. The molecule has 2 N–H and O–H groups in total. The van der Waals surface area contributed by atoms with E-state index in [1.165, 1.54) is 0 Å². The number of pyridine rings is 1. The lowest BCUT2D eigenvalue weighted by atomic mass is 10.2. The second kappa shape index (κ2) is 4.28. The molecule has 2 heterocycles. The molecule has 3 aromatic rings. The molecule has 0 radical (unpaired) electrons. The highest BCUT2D eigenvalue weighted by molar-refractivity contribution is 9.10. The van der Waals surface area contributed by atoms with Crippen LogP contribution in [-0.2, 0) is 0 Å². The molecule has 0 unspecified atom stereocenters. The Labute approximate surface area is 117 Å². The number of rotatable bonds is 1. The molecule has 2 aromatic heterocycles. The topological polar surface area (TPSA) is 61.2 Å². The highest BCUT2D eigenvalue weighted by Gasteiger charge is 2.09. The quantitative estimate of drug-likeness (QED) is 0.701. The van der Waals surface area contributed by atoms with Gasteiger partial charge in [-0.3, -0.25) is 9.36 Å². The lowest BCUT2D eigenvalue weighted by Gasteiger charge is -2.07. The molecule has 3 rings (SSSR count). The van der Waals surface area contributed by atoms with E-state index in [4.69, 9.17) is 10.2 Å². The number of nitrogen functional groups attached to an aromatic ring is 1. The van der Waals surface area contributed by atoms with Crippen molar-refractivity contribution >= 4 is 32.6 Å². The summed E-state index contributed by atoms with van der Waals surface area (Å²) in [5.74, 6) is 0. The van der Waals surface area contributed by atoms with Crippen molar-refractivity contribution in [2.24, 2.45) is 0 Å². The molecule has 0 saturated carbocycles. The second-order valence-electron chi connectivity index (χ2n) is 4.36. The van der Waals surface area contributed by atoms with Gasteiger partial charge < -0.3 is 10.2 Å². The van der Waals surface area contributed by atoms with Gasteiger partial charge in [0.15, 0.2) is 4.67 Å². The third-order valence-electron chi connectivity index (χ3n) is 3.09. The van der Waals surface area contributed by atoms with E-state index in [0.717, 1.165) is 11.3 Å². The van der Waals surface area contributed by atoms with Gasteiger partial charge in [-0.15, -0.1) is 0 Å². The number of aryl methyl sites for hydroxylation is 1. The van der Waals surface area contributed by atoms with Gasteiger partial charge in [-0.25, -0.2) is 0 Å². The summed E-state index contributed by atoms with van der Waals surface area (Å²) >= 11 is 3.23. The van der Waals surface area contributed by atoms with Crippen molar-refractivity contribution in [2.75, 3.05) is 5.73 Å². The average Bonchev–Trinajstić information content (AvgIpc) is 2.75. The minimum absolute atomic E-state index is 0.115. The minimum Gasteiger partial charge on any atom is -0.449 e. The van der Waals surface area contributed by atoms with Crippen molar-refractivity contribution in [3.63, 3.8) is 0 Å². The maximum Gasteiger partial charge on any atom is 0.266 e. The number of furan rings is 1. The van der Waals surface area contributed by atoms with Crippen LogP contribution < -0.4 is 11.3 Å². The zero-order valence-electron chi connectivity index (χ0n) is 10.2. The second-order valence-corrected chi connectivity index (χ2v) is 5.14. The predicted molar refractivity (Wildman–Crippen MR) is 78.7 cm³/mol. The fraction of sp³-hybridized carbons (Fsp3) is 0.0714. The van der Waals surface area contributed by atoms with Gasteiger partial charge in [-0.2, -0.15) is 0 Å². The van der Waals surface area contributed by atoms with Crippen molar-refractivity contribution in [1.29, 1.82) is 0 Å². The van der Waals surface area contributed by atoms with Crippen molar-refractivity contribution in [2.45, 2.75) is 6.92 Å². The zero-order valence-corrected chi connectivity index (χ0v) is 11.8. The fourth-order valence-electron chi connectivity index (χ4n) is 2.02. The molecule has 0 bridgehead atoms. The molecule has 0 aliphatic carbocycles. The Morgan fingerprint density at radius 1 is 1.26 bits per heavy atom. The van der Waals surface area contributed by atoms with Crippen LogP contribution in [0.4, 0.5) is 5.69 Å². The Hall–Kier alpha value is -2.01. The highest BCUT2D eigenvalue weighted by Crippen LogP contribution is 2.21. The summed E-state index contributed by atoms with van der Waals surface area (Å²) in [6.07, 6.45) is 1.70. The van der Waals surface area contributed by atoms with Gasteiger partial charge in [0.1, 0.15) is 5.58 Å². The number of aromatic nitrogens is 1. The maximum atomic E-state index is 12.4. The third kappa shape index (κ3) is 1.96. The van der Waals surface area contributed by atoms with Crippen molar-refractivity contribution in [3.8, 4) is 5.69 Å². The Balaban J connectivity index is 2.27.